The zero-order valence-corrected chi connectivity index (χ0v) is 11.6. The molecule has 1 aromatic carbocycles. The molecule has 20 heavy (non-hydrogen) atoms. The summed E-state index contributed by atoms with van der Waals surface area (Å²) in [5, 5.41) is 6.10. The Kier molecular flexibility index (Phi) is 3.34. The zero-order chi connectivity index (χ0) is 14.1. The lowest BCUT2D eigenvalue weighted by atomic mass is 9.92. The molecule has 2 aliphatic rings. The smallest absolute Gasteiger partial charge is 0.242 e. The summed E-state index contributed by atoms with van der Waals surface area (Å²) in [4.78, 5) is 26.0. The summed E-state index contributed by atoms with van der Waals surface area (Å²) < 4.78 is 0. The van der Waals surface area contributed by atoms with Gasteiger partial charge in [-0.2, -0.15) is 0 Å². The first-order valence-electron chi connectivity index (χ1n) is 7.07. The zero-order valence-electron chi connectivity index (χ0n) is 11.6. The highest BCUT2D eigenvalue weighted by atomic mass is 16.2. The van der Waals surface area contributed by atoms with Crippen LogP contribution in [0.4, 0.5) is 5.69 Å². The van der Waals surface area contributed by atoms with Crippen LogP contribution in [0.2, 0.25) is 0 Å². The predicted octanol–water partition coefficient (Wildman–Crippen LogP) is 0.618. The van der Waals surface area contributed by atoms with E-state index in [-0.39, 0.29) is 23.8 Å². The number of nitrogens with zero attached hydrogens (tertiary/aromatic N) is 1. The van der Waals surface area contributed by atoms with Crippen LogP contribution in [-0.2, 0) is 16.0 Å². The number of nitrogens with one attached hydrogen (secondary N) is 2. The highest BCUT2D eigenvalue weighted by molar-refractivity contribution is 5.90. The Bertz CT molecular complexity index is 544. The van der Waals surface area contributed by atoms with Gasteiger partial charge in [0.1, 0.15) is 6.04 Å². The van der Waals surface area contributed by atoms with Gasteiger partial charge in [0.2, 0.25) is 11.8 Å². The molecule has 2 amide bonds. The Balaban J connectivity index is 1.74. The average molecular weight is 273 g/mol. The highest BCUT2D eigenvalue weighted by Gasteiger charge is 2.34. The highest BCUT2D eigenvalue weighted by Crippen LogP contribution is 2.26. The fraction of sp³-hybridized carbons (Fsp3) is 0.467. The van der Waals surface area contributed by atoms with Crippen molar-refractivity contribution in [2.45, 2.75) is 19.4 Å². The number of piperazine rings is 1. The molecule has 5 heteroatoms. The third-order valence-corrected chi connectivity index (χ3v) is 4.15. The van der Waals surface area contributed by atoms with Crippen molar-refractivity contribution in [2.75, 3.05) is 25.0 Å². The van der Waals surface area contributed by atoms with Crippen molar-refractivity contribution in [3.8, 4) is 0 Å². The molecule has 2 heterocycles. The maximum absolute atomic E-state index is 12.6. The number of hydrogen-bond acceptors (Lipinski definition) is 3. The largest absolute Gasteiger partial charge is 0.384 e. The second-order valence-corrected chi connectivity index (χ2v) is 5.44. The lowest BCUT2D eigenvalue weighted by Gasteiger charge is -2.36. The van der Waals surface area contributed by atoms with E-state index in [1.54, 1.807) is 11.8 Å². The van der Waals surface area contributed by atoms with E-state index in [0.717, 1.165) is 12.1 Å². The Hall–Kier alpha value is -2.04. The minimum atomic E-state index is -0.367. The van der Waals surface area contributed by atoms with E-state index < -0.39 is 0 Å². The van der Waals surface area contributed by atoms with Gasteiger partial charge in [-0.25, -0.2) is 0 Å². The Morgan fingerprint density at radius 2 is 2.10 bits per heavy atom. The van der Waals surface area contributed by atoms with Crippen molar-refractivity contribution in [1.29, 1.82) is 0 Å². The topological polar surface area (TPSA) is 61.4 Å². The molecule has 0 aromatic heterocycles. The Morgan fingerprint density at radius 1 is 1.30 bits per heavy atom. The minimum absolute atomic E-state index is 0.0613. The van der Waals surface area contributed by atoms with Crippen molar-refractivity contribution in [3.63, 3.8) is 0 Å². The van der Waals surface area contributed by atoms with Crippen molar-refractivity contribution in [2.24, 2.45) is 5.92 Å². The van der Waals surface area contributed by atoms with Crippen LogP contribution in [0.3, 0.4) is 0 Å². The molecule has 0 saturated carbocycles. The number of anilines is 1. The first-order chi connectivity index (χ1) is 9.66. The number of benzene rings is 1. The van der Waals surface area contributed by atoms with Gasteiger partial charge in [-0.3, -0.25) is 9.59 Å². The van der Waals surface area contributed by atoms with E-state index in [9.17, 15) is 9.59 Å². The molecule has 2 unspecified atom stereocenters. The van der Waals surface area contributed by atoms with Crippen LogP contribution in [0.25, 0.3) is 0 Å². The second-order valence-electron chi connectivity index (χ2n) is 5.44. The number of carbonyl (C=O) groups excluding carboxylic acids is 2. The molecule has 2 atom stereocenters. The number of carbonyl (C=O) groups is 2. The SMILES string of the molecule is CC1C(=O)NCCN1C(=O)C1CNc2ccccc2C1. The molecule has 5 nitrogen and oxygen atoms in total. The van der Waals surface area contributed by atoms with E-state index >= 15 is 0 Å². The molecule has 2 aliphatic heterocycles. The number of rotatable bonds is 1. The van der Waals surface area contributed by atoms with E-state index in [1.807, 2.05) is 24.3 Å². The lowest BCUT2D eigenvalue weighted by Crippen LogP contribution is -2.58. The standard InChI is InChI=1S/C15H19N3O2/c1-10-14(19)16-6-7-18(10)15(20)12-8-11-4-2-3-5-13(11)17-9-12/h2-5,10,12,17H,6-9H2,1H3,(H,16,19). The maximum atomic E-state index is 12.6. The number of fused-ring (bicyclic) bond motifs is 1. The van der Waals surface area contributed by atoms with Crippen molar-refractivity contribution >= 4 is 17.5 Å². The van der Waals surface area contributed by atoms with E-state index in [0.29, 0.717) is 19.6 Å². The van der Waals surface area contributed by atoms with Gasteiger partial charge in [0.05, 0.1) is 5.92 Å². The Morgan fingerprint density at radius 3 is 2.95 bits per heavy atom. The van der Waals surface area contributed by atoms with Crippen LogP contribution in [0.15, 0.2) is 24.3 Å². The van der Waals surface area contributed by atoms with Crippen LogP contribution in [-0.4, -0.2) is 42.4 Å². The van der Waals surface area contributed by atoms with Crippen LogP contribution < -0.4 is 10.6 Å². The summed E-state index contributed by atoms with van der Waals surface area (Å²) in [5.74, 6) is -0.0682. The monoisotopic (exact) mass is 273 g/mol. The van der Waals surface area contributed by atoms with E-state index in [2.05, 4.69) is 10.6 Å². The summed E-state index contributed by atoms with van der Waals surface area (Å²) in [6.07, 6.45) is 0.743. The molecule has 0 radical (unpaired) electrons. The molecule has 0 spiro atoms. The summed E-state index contributed by atoms with van der Waals surface area (Å²) >= 11 is 0. The van der Waals surface area contributed by atoms with Gasteiger partial charge < -0.3 is 15.5 Å². The summed E-state index contributed by atoms with van der Waals surface area (Å²) in [5.41, 5.74) is 2.28. The van der Waals surface area contributed by atoms with Crippen LogP contribution in [0, 0.1) is 5.92 Å². The molecule has 1 fully saturated rings. The molecule has 3 rings (SSSR count). The summed E-state index contributed by atoms with van der Waals surface area (Å²) in [7, 11) is 0. The van der Waals surface area contributed by atoms with Crippen molar-refractivity contribution in [3.05, 3.63) is 29.8 Å². The van der Waals surface area contributed by atoms with Gasteiger partial charge in [0, 0.05) is 25.3 Å². The molecule has 0 aliphatic carbocycles. The second kappa shape index (κ2) is 5.15. The summed E-state index contributed by atoms with van der Waals surface area (Å²) in [6, 6.07) is 7.70. The molecule has 0 bridgehead atoms. The van der Waals surface area contributed by atoms with Gasteiger partial charge in [-0.1, -0.05) is 18.2 Å². The number of hydrogen-bond donors (Lipinski definition) is 2. The number of amides is 2. The maximum Gasteiger partial charge on any atom is 0.242 e. The molecule has 106 valence electrons. The molecule has 2 N–H and O–H groups in total. The van der Waals surface area contributed by atoms with E-state index in [1.165, 1.54) is 5.56 Å². The fourth-order valence-corrected chi connectivity index (χ4v) is 2.93. The third kappa shape index (κ3) is 2.24. The minimum Gasteiger partial charge on any atom is -0.384 e. The van der Waals surface area contributed by atoms with Gasteiger partial charge in [0.25, 0.3) is 0 Å². The van der Waals surface area contributed by atoms with Crippen molar-refractivity contribution in [1.82, 2.24) is 10.2 Å². The van der Waals surface area contributed by atoms with Gasteiger partial charge in [0.15, 0.2) is 0 Å². The van der Waals surface area contributed by atoms with Gasteiger partial charge in [-0.15, -0.1) is 0 Å². The fourth-order valence-electron chi connectivity index (χ4n) is 2.93. The quantitative estimate of drug-likeness (QED) is 0.788. The van der Waals surface area contributed by atoms with E-state index in [4.69, 9.17) is 0 Å². The molecule has 1 aromatic rings. The third-order valence-electron chi connectivity index (χ3n) is 4.15. The van der Waals surface area contributed by atoms with Crippen LogP contribution in [0.1, 0.15) is 12.5 Å². The first-order valence-corrected chi connectivity index (χ1v) is 7.07. The normalized spacial score (nSPS) is 25.4. The lowest BCUT2D eigenvalue weighted by molar-refractivity contribution is -0.145. The number of para-hydroxylation sites is 1. The van der Waals surface area contributed by atoms with Gasteiger partial charge >= 0.3 is 0 Å². The predicted molar refractivity (Wildman–Crippen MR) is 76.3 cm³/mol. The molecular weight excluding hydrogens is 254 g/mol. The van der Waals surface area contributed by atoms with Crippen LogP contribution in [0.5, 0.6) is 0 Å². The molecule has 1 saturated heterocycles. The van der Waals surface area contributed by atoms with Crippen molar-refractivity contribution < 1.29 is 9.59 Å². The summed E-state index contributed by atoms with van der Waals surface area (Å²) in [6.45, 7) is 3.58. The first kappa shape index (κ1) is 13.0. The molecular formula is C15H19N3O2. The van der Waals surface area contributed by atoms with Crippen LogP contribution >= 0.6 is 0 Å². The Labute approximate surface area is 118 Å². The van der Waals surface area contributed by atoms with Gasteiger partial charge in [-0.05, 0) is 25.0 Å². The average Bonchev–Trinajstić information content (AvgIpc) is 2.49.